The van der Waals surface area contributed by atoms with Gasteiger partial charge in [-0.15, -0.1) is 0 Å². The number of para-hydroxylation sites is 2. The molecule has 2 aromatic rings. The van der Waals surface area contributed by atoms with Crippen molar-refractivity contribution >= 4 is 21.6 Å². The van der Waals surface area contributed by atoms with Gasteiger partial charge in [0.15, 0.2) is 0 Å². The summed E-state index contributed by atoms with van der Waals surface area (Å²) in [7, 11) is -3.68. The van der Waals surface area contributed by atoms with Gasteiger partial charge in [-0.3, -0.25) is 4.79 Å². The summed E-state index contributed by atoms with van der Waals surface area (Å²) in [6.45, 7) is 6.92. The van der Waals surface area contributed by atoms with E-state index in [4.69, 9.17) is 9.47 Å². The second-order valence-electron chi connectivity index (χ2n) is 7.11. The molecule has 3 rings (SSSR count). The summed E-state index contributed by atoms with van der Waals surface area (Å²) < 4.78 is 38.2. The quantitative estimate of drug-likeness (QED) is 0.779. The Morgan fingerprint density at radius 3 is 2.52 bits per heavy atom. The molecule has 8 heteroatoms. The van der Waals surface area contributed by atoms with E-state index in [0.717, 1.165) is 0 Å². The van der Waals surface area contributed by atoms with Crippen LogP contribution in [0.25, 0.3) is 0 Å². The maximum Gasteiger partial charge on any atom is 0.256 e. The van der Waals surface area contributed by atoms with Crippen LogP contribution >= 0.6 is 0 Å². The van der Waals surface area contributed by atoms with Gasteiger partial charge in [-0.2, -0.15) is 4.31 Å². The van der Waals surface area contributed by atoms with Gasteiger partial charge in [-0.05, 0) is 50.6 Å². The Balaban J connectivity index is 1.88. The average Bonchev–Trinajstić information content (AvgIpc) is 2.70. The van der Waals surface area contributed by atoms with Crippen molar-refractivity contribution in [2.45, 2.75) is 31.8 Å². The van der Waals surface area contributed by atoms with E-state index in [1.54, 1.807) is 31.2 Å². The summed E-state index contributed by atoms with van der Waals surface area (Å²) in [5.41, 5.74) is 1.52. The number of hydrogen-bond donors (Lipinski definition) is 1. The van der Waals surface area contributed by atoms with Crippen LogP contribution in [0, 0.1) is 6.92 Å². The van der Waals surface area contributed by atoms with Gasteiger partial charge in [0.2, 0.25) is 10.0 Å². The Morgan fingerprint density at radius 2 is 1.83 bits per heavy atom. The lowest BCUT2D eigenvalue weighted by atomic mass is 10.1. The molecule has 1 fully saturated rings. The van der Waals surface area contributed by atoms with Crippen molar-refractivity contribution in [3.05, 3.63) is 53.6 Å². The van der Waals surface area contributed by atoms with E-state index in [-0.39, 0.29) is 16.9 Å². The number of carbonyl (C=O) groups is 1. The SMILES string of the molecule is Cc1ccc(S(=O)(=O)N2CCOCC2)cc1C(=O)Nc1ccccc1OC(C)C. The highest BCUT2D eigenvalue weighted by molar-refractivity contribution is 7.89. The first kappa shape index (κ1) is 21.3. The molecule has 0 saturated carbocycles. The van der Waals surface area contributed by atoms with Gasteiger partial charge in [0.25, 0.3) is 5.91 Å². The van der Waals surface area contributed by atoms with Gasteiger partial charge in [-0.25, -0.2) is 8.42 Å². The summed E-state index contributed by atoms with van der Waals surface area (Å²) in [4.78, 5) is 13.0. The third-order valence-electron chi connectivity index (χ3n) is 4.56. The maximum absolute atomic E-state index is 12.9. The molecule has 1 amide bonds. The van der Waals surface area contributed by atoms with Crippen LogP contribution in [0.2, 0.25) is 0 Å². The number of anilines is 1. The Kier molecular flexibility index (Phi) is 6.56. The zero-order valence-electron chi connectivity index (χ0n) is 16.8. The molecule has 1 aliphatic heterocycles. The molecule has 7 nitrogen and oxygen atoms in total. The predicted molar refractivity (Wildman–Crippen MR) is 111 cm³/mol. The summed E-state index contributed by atoms with van der Waals surface area (Å²) in [5.74, 6) is 0.173. The highest BCUT2D eigenvalue weighted by atomic mass is 32.2. The van der Waals surface area contributed by atoms with Gasteiger partial charge in [0, 0.05) is 18.7 Å². The molecular formula is C21H26N2O5S. The number of benzene rings is 2. The summed E-state index contributed by atoms with van der Waals surface area (Å²) in [6, 6.07) is 11.8. The number of sulfonamides is 1. The van der Waals surface area contributed by atoms with Gasteiger partial charge in [0.1, 0.15) is 5.75 Å². The van der Waals surface area contributed by atoms with Crippen LogP contribution in [0.3, 0.4) is 0 Å². The summed E-state index contributed by atoms with van der Waals surface area (Å²) >= 11 is 0. The van der Waals surface area contributed by atoms with Crippen LogP contribution in [0.15, 0.2) is 47.4 Å². The molecule has 1 saturated heterocycles. The molecular weight excluding hydrogens is 392 g/mol. The third-order valence-corrected chi connectivity index (χ3v) is 6.45. The minimum absolute atomic E-state index is 0.0446. The first-order chi connectivity index (χ1) is 13.8. The van der Waals surface area contributed by atoms with E-state index in [0.29, 0.717) is 48.9 Å². The lowest BCUT2D eigenvalue weighted by Gasteiger charge is -2.26. The lowest BCUT2D eigenvalue weighted by molar-refractivity contribution is 0.0730. The van der Waals surface area contributed by atoms with Crippen molar-refractivity contribution in [3.63, 3.8) is 0 Å². The second-order valence-corrected chi connectivity index (χ2v) is 9.05. The molecule has 1 heterocycles. The normalized spacial score (nSPS) is 15.3. The first-order valence-electron chi connectivity index (χ1n) is 9.54. The fourth-order valence-corrected chi connectivity index (χ4v) is 4.49. The molecule has 0 bridgehead atoms. The van der Waals surface area contributed by atoms with E-state index < -0.39 is 10.0 Å². The van der Waals surface area contributed by atoms with Gasteiger partial charge >= 0.3 is 0 Å². The van der Waals surface area contributed by atoms with Gasteiger partial charge in [-0.1, -0.05) is 18.2 Å². The largest absolute Gasteiger partial charge is 0.489 e. The molecule has 2 aromatic carbocycles. The minimum Gasteiger partial charge on any atom is -0.489 e. The van der Waals surface area contributed by atoms with Gasteiger partial charge in [0.05, 0.1) is 29.9 Å². The van der Waals surface area contributed by atoms with Crippen LogP contribution in [-0.4, -0.2) is 51.0 Å². The van der Waals surface area contributed by atoms with Crippen molar-refractivity contribution in [3.8, 4) is 5.75 Å². The maximum atomic E-state index is 12.9. The van der Waals surface area contributed by atoms with Crippen molar-refractivity contribution in [1.82, 2.24) is 4.31 Å². The number of aryl methyl sites for hydroxylation is 1. The number of rotatable bonds is 6. The van der Waals surface area contributed by atoms with Crippen molar-refractivity contribution in [2.75, 3.05) is 31.6 Å². The fourth-order valence-electron chi connectivity index (χ4n) is 3.06. The molecule has 1 N–H and O–H groups in total. The van der Waals surface area contributed by atoms with Crippen molar-refractivity contribution < 1.29 is 22.7 Å². The molecule has 156 valence electrons. The Bertz CT molecular complexity index is 982. The van der Waals surface area contributed by atoms with E-state index in [9.17, 15) is 13.2 Å². The Hall–Kier alpha value is -2.42. The molecule has 0 aromatic heterocycles. The average molecular weight is 419 g/mol. The van der Waals surface area contributed by atoms with Crippen LogP contribution in [0.5, 0.6) is 5.75 Å². The molecule has 0 radical (unpaired) electrons. The summed E-state index contributed by atoms with van der Waals surface area (Å²) in [6.07, 6.45) is -0.0446. The zero-order chi connectivity index (χ0) is 21.0. The Labute approximate surface area is 171 Å². The van der Waals surface area contributed by atoms with Crippen LogP contribution in [-0.2, 0) is 14.8 Å². The second kappa shape index (κ2) is 8.94. The van der Waals surface area contributed by atoms with Crippen LogP contribution < -0.4 is 10.1 Å². The number of ether oxygens (including phenoxy) is 2. The lowest BCUT2D eigenvalue weighted by Crippen LogP contribution is -2.40. The zero-order valence-corrected chi connectivity index (χ0v) is 17.7. The van der Waals surface area contributed by atoms with Gasteiger partial charge < -0.3 is 14.8 Å². The van der Waals surface area contributed by atoms with E-state index in [1.807, 2.05) is 19.9 Å². The topological polar surface area (TPSA) is 84.9 Å². The molecule has 0 spiro atoms. The smallest absolute Gasteiger partial charge is 0.256 e. The number of nitrogens with zero attached hydrogens (tertiary/aromatic N) is 1. The highest BCUT2D eigenvalue weighted by Crippen LogP contribution is 2.27. The number of hydrogen-bond acceptors (Lipinski definition) is 5. The van der Waals surface area contributed by atoms with Crippen molar-refractivity contribution in [1.29, 1.82) is 0 Å². The van der Waals surface area contributed by atoms with Crippen LogP contribution in [0.1, 0.15) is 29.8 Å². The van der Waals surface area contributed by atoms with E-state index >= 15 is 0 Å². The van der Waals surface area contributed by atoms with E-state index in [1.165, 1.54) is 16.4 Å². The molecule has 0 atom stereocenters. The first-order valence-corrected chi connectivity index (χ1v) is 11.0. The number of amides is 1. The highest BCUT2D eigenvalue weighted by Gasteiger charge is 2.27. The third kappa shape index (κ3) is 4.95. The van der Waals surface area contributed by atoms with Crippen molar-refractivity contribution in [2.24, 2.45) is 0 Å². The number of morpholine rings is 1. The predicted octanol–water partition coefficient (Wildman–Crippen LogP) is 3.06. The monoisotopic (exact) mass is 418 g/mol. The minimum atomic E-state index is -3.68. The number of carbonyl (C=O) groups excluding carboxylic acids is 1. The molecule has 0 aliphatic carbocycles. The Morgan fingerprint density at radius 1 is 1.14 bits per heavy atom. The van der Waals surface area contributed by atoms with E-state index in [2.05, 4.69) is 5.32 Å². The summed E-state index contributed by atoms with van der Waals surface area (Å²) in [5, 5.41) is 2.84. The molecule has 1 aliphatic rings. The fraction of sp³-hybridized carbons (Fsp3) is 0.381. The standard InChI is InChI=1S/C21H26N2O5S/c1-15(2)28-20-7-5-4-6-19(20)22-21(24)18-14-17(9-8-16(18)3)29(25,26)23-10-12-27-13-11-23/h4-9,14-15H,10-13H2,1-3H3,(H,22,24). The molecule has 29 heavy (non-hydrogen) atoms. The number of nitrogens with one attached hydrogen (secondary N) is 1. The van der Waals surface area contributed by atoms with Crippen LogP contribution in [0.4, 0.5) is 5.69 Å². The molecule has 0 unspecified atom stereocenters.